The second kappa shape index (κ2) is 9.17. The number of carbonyl (C=O) groups is 2. The zero-order chi connectivity index (χ0) is 15.8. The molecule has 1 N–H and O–H groups in total. The number of carbonyl (C=O) groups excluding carboxylic acids is 2. The van der Waals surface area contributed by atoms with Gasteiger partial charge in [-0.3, -0.25) is 9.59 Å². The summed E-state index contributed by atoms with van der Waals surface area (Å²) in [6.45, 7) is 5.22. The van der Waals surface area contributed by atoms with Gasteiger partial charge in [0.25, 0.3) is 0 Å². The maximum absolute atomic E-state index is 11.9. The number of morpholine rings is 1. The molecule has 0 unspecified atom stereocenters. The Morgan fingerprint density at radius 3 is 2.68 bits per heavy atom. The van der Waals surface area contributed by atoms with Gasteiger partial charge in [0.2, 0.25) is 11.8 Å². The Kier molecular flexibility index (Phi) is 7.21. The van der Waals surface area contributed by atoms with E-state index in [0.717, 1.165) is 6.42 Å². The topological polar surface area (TPSA) is 58.6 Å². The van der Waals surface area contributed by atoms with Gasteiger partial charge in [-0.1, -0.05) is 6.92 Å². The molecule has 1 fully saturated rings. The van der Waals surface area contributed by atoms with Crippen LogP contribution in [-0.2, 0) is 27.3 Å². The molecule has 1 saturated heterocycles. The first-order chi connectivity index (χ1) is 10.7. The lowest BCUT2D eigenvalue weighted by atomic mass is 10.3. The molecule has 22 heavy (non-hydrogen) atoms. The van der Waals surface area contributed by atoms with Gasteiger partial charge in [0.1, 0.15) is 0 Å². The van der Waals surface area contributed by atoms with Crippen molar-refractivity contribution in [2.24, 2.45) is 0 Å². The maximum atomic E-state index is 11.9. The minimum Gasteiger partial charge on any atom is -0.378 e. The molecule has 0 aliphatic carbocycles. The molecule has 0 bridgehead atoms. The lowest BCUT2D eigenvalue weighted by Gasteiger charge is -2.26. The monoisotopic (exact) mass is 342 g/mol. The maximum Gasteiger partial charge on any atom is 0.232 e. The molecule has 2 amide bonds. The van der Waals surface area contributed by atoms with Crippen LogP contribution in [0, 0.1) is 0 Å². The fourth-order valence-electron chi connectivity index (χ4n) is 2.08. The van der Waals surface area contributed by atoms with Gasteiger partial charge < -0.3 is 15.0 Å². The molecule has 2 rings (SSSR count). The van der Waals surface area contributed by atoms with Crippen LogP contribution in [0.1, 0.15) is 16.7 Å². The SMILES string of the molecule is CCc1ccc(CNC(=O)CSCC(=O)N2CCOCC2)s1. The molecule has 1 aliphatic rings. The van der Waals surface area contributed by atoms with Gasteiger partial charge in [-0.15, -0.1) is 23.1 Å². The van der Waals surface area contributed by atoms with Gasteiger partial charge in [-0.25, -0.2) is 0 Å². The number of amides is 2. The highest BCUT2D eigenvalue weighted by Gasteiger charge is 2.16. The van der Waals surface area contributed by atoms with Gasteiger partial charge in [-0.2, -0.15) is 0 Å². The van der Waals surface area contributed by atoms with Gasteiger partial charge in [-0.05, 0) is 18.6 Å². The van der Waals surface area contributed by atoms with Crippen molar-refractivity contribution in [3.63, 3.8) is 0 Å². The van der Waals surface area contributed by atoms with Crippen molar-refractivity contribution in [1.82, 2.24) is 10.2 Å². The number of hydrogen-bond acceptors (Lipinski definition) is 5. The van der Waals surface area contributed by atoms with E-state index in [0.29, 0.717) is 44.4 Å². The zero-order valence-corrected chi connectivity index (χ0v) is 14.4. The first kappa shape index (κ1) is 17.3. The molecule has 0 radical (unpaired) electrons. The Balaban J connectivity index is 1.60. The van der Waals surface area contributed by atoms with Crippen LogP contribution in [0.4, 0.5) is 0 Å². The van der Waals surface area contributed by atoms with E-state index in [1.54, 1.807) is 16.2 Å². The number of aryl methyl sites for hydroxylation is 1. The highest BCUT2D eigenvalue weighted by Crippen LogP contribution is 2.16. The Labute approximate surface area is 139 Å². The fraction of sp³-hybridized carbons (Fsp3) is 0.600. The minimum atomic E-state index is -0.0220. The molecule has 2 heterocycles. The molecule has 1 aliphatic heterocycles. The van der Waals surface area contributed by atoms with Crippen LogP contribution >= 0.6 is 23.1 Å². The van der Waals surface area contributed by atoms with E-state index in [9.17, 15) is 9.59 Å². The normalized spacial score (nSPS) is 14.9. The van der Waals surface area contributed by atoms with Crippen LogP contribution in [-0.4, -0.2) is 54.5 Å². The van der Waals surface area contributed by atoms with Crippen LogP contribution in [0.2, 0.25) is 0 Å². The third-order valence-electron chi connectivity index (χ3n) is 3.35. The van der Waals surface area contributed by atoms with E-state index in [4.69, 9.17) is 4.74 Å². The van der Waals surface area contributed by atoms with Crippen molar-refractivity contribution in [3.8, 4) is 0 Å². The Hall–Kier alpha value is -1.05. The smallest absolute Gasteiger partial charge is 0.232 e. The second-order valence-corrected chi connectivity index (χ2v) is 7.22. The molecule has 122 valence electrons. The summed E-state index contributed by atoms with van der Waals surface area (Å²) >= 11 is 3.10. The zero-order valence-electron chi connectivity index (χ0n) is 12.8. The molecular weight excluding hydrogens is 320 g/mol. The van der Waals surface area contributed by atoms with E-state index >= 15 is 0 Å². The molecule has 0 saturated carbocycles. The van der Waals surface area contributed by atoms with Crippen LogP contribution in [0.5, 0.6) is 0 Å². The summed E-state index contributed by atoms with van der Waals surface area (Å²) in [5, 5.41) is 2.90. The predicted octanol–water partition coefficient (Wildman–Crippen LogP) is 1.52. The second-order valence-electron chi connectivity index (χ2n) is 4.98. The Morgan fingerprint density at radius 1 is 1.27 bits per heavy atom. The lowest BCUT2D eigenvalue weighted by Crippen LogP contribution is -2.41. The Morgan fingerprint density at radius 2 is 2.00 bits per heavy atom. The highest BCUT2D eigenvalue weighted by atomic mass is 32.2. The van der Waals surface area contributed by atoms with Crippen molar-refractivity contribution < 1.29 is 14.3 Å². The standard InChI is InChI=1S/C15H22N2O3S2/c1-2-12-3-4-13(22-12)9-16-14(18)10-21-11-15(19)17-5-7-20-8-6-17/h3-4H,2,5-11H2,1H3,(H,16,18). The molecule has 0 spiro atoms. The number of nitrogens with one attached hydrogen (secondary N) is 1. The lowest BCUT2D eigenvalue weighted by molar-refractivity contribution is -0.132. The number of thiophene rings is 1. The molecule has 5 nitrogen and oxygen atoms in total. The van der Waals surface area contributed by atoms with E-state index in [-0.39, 0.29) is 11.8 Å². The number of nitrogens with zero attached hydrogens (tertiary/aromatic N) is 1. The molecule has 0 atom stereocenters. The van der Waals surface area contributed by atoms with Crippen LogP contribution < -0.4 is 5.32 Å². The van der Waals surface area contributed by atoms with Crippen LogP contribution in [0.25, 0.3) is 0 Å². The molecular formula is C15H22N2O3S2. The third kappa shape index (κ3) is 5.62. The summed E-state index contributed by atoms with van der Waals surface area (Å²) in [6.07, 6.45) is 1.03. The molecule has 0 aromatic carbocycles. The highest BCUT2D eigenvalue weighted by molar-refractivity contribution is 8.00. The molecule has 7 heteroatoms. The van der Waals surface area contributed by atoms with Crippen molar-refractivity contribution in [2.75, 3.05) is 37.8 Å². The van der Waals surface area contributed by atoms with Gasteiger partial charge >= 0.3 is 0 Å². The third-order valence-corrected chi connectivity index (χ3v) is 5.49. The van der Waals surface area contributed by atoms with Gasteiger partial charge in [0.05, 0.1) is 31.3 Å². The number of hydrogen-bond donors (Lipinski definition) is 1. The average Bonchev–Trinajstić information content (AvgIpc) is 3.02. The van der Waals surface area contributed by atoms with Crippen molar-refractivity contribution in [2.45, 2.75) is 19.9 Å². The van der Waals surface area contributed by atoms with E-state index < -0.39 is 0 Å². The van der Waals surface area contributed by atoms with E-state index in [1.165, 1.54) is 21.5 Å². The summed E-state index contributed by atoms with van der Waals surface area (Å²) < 4.78 is 5.21. The van der Waals surface area contributed by atoms with Crippen LogP contribution in [0.15, 0.2) is 12.1 Å². The van der Waals surface area contributed by atoms with Crippen molar-refractivity contribution >= 4 is 34.9 Å². The summed E-state index contributed by atoms with van der Waals surface area (Å²) in [7, 11) is 0. The molecule has 1 aromatic rings. The predicted molar refractivity (Wildman–Crippen MR) is 90.3 cm³/mol. The first-order valence-electron chi connectivity index (χ1n) is 7.46. The average molecular weight is 342 g/mol. The summed E-state index contributed by atoms with van der Waals surface area (Å²) in [5.74, 6) is 0.743. The summed E-state index contributed by atoms with van der Waals surface area (Å²) in [6, 6.07) is 4.15. The number of thioether (sulfide) groups is 1. The van der Waals surface area contributed by atoms with Crippen molar-refractivity contribution in [3.05, 3.63) is 21.9 Å². The molecule has 1 aromatic heterocycles. The quantitative estimate of drug-likeness (QED) is 0.816. The summed E-state index contributed by atoms with van der Waals surface area (Å²) in [4.78, 5) is 28.0. The van der Waals surface area contributed by atoms with E-state index in [2.05, 4.69) is 24.4 Å². The number of rotatable bonds is 7. The van der Waals surface area contributed by atoms with Gasteiger partial charge in [0, 0.05) is 22.8 Å². The number of ether oxygens (including phenoxy) is 1. The summed E-state index contributed by atoms with van der Waals surface area (Å²) in [5.41, 5.74) is 0. The fourth-order valence-corrected chi connectivity index (χ4v) is 3.72. The van der Waals surface area contributed by atoms with Crippen LogP contribution in [0.3, 0.4) is 0 Å². The van der Waals surface area contributed by atoms with E-state index in [1.807, 2.05) is 0 Å². The van der Waals surface area contributed by atoms with Gasteiger partial charge in [0.15, 0.2) is 0 Å². The largest absolute Gasteiger partial charge is 0.378 e. The first-order valence-corrected chi connectivity index (χ1v) is 9.43. The van der Waals surface area contributed by atoms with Crippen molar-refractivity contribution in [1.29, 1.82) is 0 Å². The minimum absolute atomic E-state index is 0.0220. The Bertz CT molecular complexity index is 499.